The van der Waals surface area contributed by atoms with Crippen LogP contribution in [0.25, 0.3) is 0 Å². The van der Waals surface area contributed by atoms with E-state index in [4.69, 9.17) is 7.85 Å². The summed E-state index contributed by atoms with van der Waals surface area (Å²) in [7, 11) is 9.96. The van der Waals surface area contributed by atoms with Gasteiger partial charge in [0.1, 0.15) is 13.9 Å². The zero-order valence-corrected chi connectivity index (χ0v) is 20.8. The molecule has 3 fully saturated rings. The second-order valence-corrected chi connectivity index (χ2v) is 10.2. The molecule has 4 amide bonds. The Bertz CT molecular complexity index is 986. The smallest absolute Gasteiger partial charge is 0.249 e. The summed E-state index contributed by atoms with van der Waals surface area (Å²) in [6, 6.07) is 3.36. The maximum atomic E-state index is 13.0. The van der Waals surface area contributed by atoms with Crippen LogP contribution < -0.4 is 20.6 Å². The van der Waals surface area contributed by atoms with Gasteiger partial charge in [-0.05, 0) is 49.7 Å². The minimum absolute atomic E-state index is 0.186. The van der Waals surface area contributed by atoms with E-state index in [1.807, 2.05) is 17.0 Å². The number of piperidine rings is 2. The van der Waals surface area contributed by atoms with Gasteiger partial charge >= 0.3 is 0 Å². The Balaban J connectivity index is 1.52. The Morgan fingerprint density at radius 1 is 1.06 bits per heavy atom. The fourth-order valence-electron chi connectivity index (χ4n) is 5.86. The van der Waals surface area contributed by atoms with Gasteiger partial charge in [-0.15, -0.1) is 0 Å². The van der Waals surface area contributed by atoms with Crippen LogP contribution in [0.4, 0.5) is 11.4 Å². The van der Waals surface area contributed by atoms with Crippen LogP contribution in [-0.4, -0.2) is 70.1 Å². The molecule has 1 aromatic carbocycles. The average molecular weight is 478 g/mol. The molecule has 0 aromatic heterocycles. The fourth-order valence-corrected chi connectivity index (χ4v) is 5.86. The van der Waals surface area contributed by atoms with Crippen molar-refractivity contribution in [2.45, 2.75) is 69.7 Å². The number of anilines is 2. The van der Waals surface area contributed by atoms with E-state index in [1.54, 1.807) is 19.0 Å². The molecule has 0 spiro atoms. The summed E-state index contributed by atoms with van der Waals surface area (Å²) in [6.45, 7) is 1.47. The first-order chi connectivity index (χ1) is 16.8. The monoisotopic (exact) mass is 478 g/mol. The van der Waals surface area contributed by atoms with Crippen molar-refractivity contribution in [2.24, 2.45) is 5.92 Å². The molecule has 1 aliphatic carbocycles. The zero-order valence-electron chi connectivity index (χ0n) is 20.8. The molecule has 2 saturated heterocycles. The minimum atomic E-state index is -0.548. The van der Waals surface area contributed by atoms with Crippen molar-refractivity contribution < 1.29 is 19.2 Å². The number of imide groups is 1. The van der Waals surface area contributed by atoms with Crippen molar-refractivity contribution >= 4 is 48.8 Å². The number of nitrogens with one attached hydrogen (secondary N) is 1. The standard InChI is InChI=1S/C26H35BN4O4/c1-29(16-32)22-15-19(14-20(27)24(22)30(2)21-8-9-23(33)28-25(21)34)17-10-12-31(13-11-17)26(35)18-6-4-3-5-7-18/h14-18,21H,3-13H2,1-2H3,(H,28,33,34). The van der Waals surface area contributed by atoms with Gasteiger partial charge in [-0.1, -0.05) is 30.8 Å². The van der Waals surface area contributed by atoms with Crippen molar-refractivity contribution in [2.75, 3.05) is 37.0 Å². The molecule has 1 saturated carbocycles. The van der Waals surface area contributed by atoms with E-state index < -0.39 is 6.04 Å². The molecule has 1 atom stereocenters. The van der Waals surface area contributed by atoms with Gasteiger partial charge in [0.05, 0.1) is 11.4 Å². The van der Waals surface area contributed by atoms with Crippen molar-refractivity contribution in [3.63, 3.8) is 0 Å². The number of carbonyl (C=O) groups excluding carboxylic acids is 4. The minimum Gasteiger partial charge on any atom is -0.361 e. The first-order valence-corrected chi connectivity index (χ1v) is 12.8. The molecule has 186 valence electrons. The van der Waals surface area contributed by atoms with E-state index in [0.717, 1.165) is 63.6 Å². The van der Waals surface area contributed by atoms with Gasteiger partial charge < -0.3 is 14.7 Å². The number of carbonyl (C=O) groups is 4. The highest BCUT2D eigenvalue weighted by Crippen LogP contribution is 2.36. The third kappa shape index (κ3) is 5.38. The van der Waals surface area contributed by atoms with Crippen LogP contribution in [0.5, 0.6) is 0 Å². The highest BCUT2D eigenvalue weighted by atomic mass is 16.2. The number of rotatable bonds is 6. The molecular formula is C26H35BN4O4. The van der Waals surface area contributed by atoms with Crippen molar-refractivity contribution in [1.82, 2.24) is 10.2 Å². The highest BCUT2D eigenvalue weighted by Gasteiger charge is 2.33. The second kappa shape index (κ2) is 10.8. The van der Waals surface area contributed by atoms with Gasteiger partial charge in [0.25, 0.3) is 0 Å². The van der Waals surface area contributed by atoms with Crippen molar-refractivity contribution in [3.8, 4) is 0 Å². The maximum absolute atomic E-state index is 13.0. The Kier molecular flexibility index (Phi) is 7.82. The van der Waals surface area contributed by atoms with E-state index in [9.17, 15) is 19.2 Å². The number of nitrogens with zero attached hydrogens (tertiary/aromatic N) is 3. The molecule has 3 aliphatic rings. The van der Waals surface area contributed by atoms with E-state index >= 15 is 0 Å². The zero-order chi connectivity index (χ0) is 25.1. The summed E-state index contributed by atoms with van der Waals surface area (Å²) in [5, 5.41) is 2.39. The molecule has 8 nitrogen and oxygen atoms in total. The van der Waals surface area contributed by atoms with Gasteiger partial charge in [0.2, 0.25) is 24.1 Å². The lowest BCUT2D eigenvalue weighted by atomic mass is 9.82. The quantitative estimate of drug-likeness (QED) is 0.381. The summed E-state index contributed by atoms with van der Waals surface area (Å²) in [6.07, 6.45) is 8.64. The molecule has 35 heavy (non-hydrogen) atoms. The molecule has 9 heteroatoms. The van der Waals surface area contributed by atoms with Gasteiger partial charge in [0, 0.05) is 39.5 Å². The van der Waals surface area contributed by atoms with E-state index in [0.29, 0.717) is 29.2 Å². The van der Waals surface area contributed by atoms with Crippen LogP contribution >= 0.6 is 0 Å². The van der Waals surface area contributed by atoms with E-state index in [1.165, 1.54) is 11.3 Å². The summed E-state index contributed by atoms with van der Waals surface area (Å²) in [4.78, 5) is 54.0. The summed E-state index contributed by atoms with van der Waals surface area (Å²) in [5.74, 6) is 0.0982. The van der Waals surface area contributed by atoms with Gasteiger partial charge in [-0.3, -0.25) is 24.5 Å². The summed E-state index contributed by atoms with van der Waals surface area (Å²) < 4.78 is 0. The van der Waals surface area contributed by atoms with E-state index in [2.05, 4.69) is 5.32 Å². The van der Waals surface area contributed by atoms with Crippen LogP contribution in [0, 0.1) is 5.92 Å². The number of likely N-dealkylation sites (N-methyl/N-ethyl adjacent to an activating group) is 1. The lowest BCUT2D eigenvalue weighted by Crippen LogP contribution is -2.52. The number of benzene rings is 1. The number of likely N-dealkylation sites (tertiary alicyclic amines) is 1. The number of hydrogen-bond donors (Lipinski definition) is 1. The third-order valence-electron chi connectivity index (χ3n) is 7.94. The molecule has 2 heterocycles. The van der Waals surface area contributed by atoms with Crippen LogP contribution in [0.15, 0.2) is 12.1 Å². The molecule has 4 rings (SSSR count). The predicted molar refractivity (Wildman–Crippen MR) is 136 cm³/mol. The van der Waals surface area contributed by atoms with Gasteiger partial charge in [-0.2, -0.15) is 0 Å². The van der Waals surface area contributed by atoms with E-state index in [-0.39, 0.29) is 30.1 Å². The van der Waals surface area contributed by atoms with Crippen LogP contribution in [0.3, 0.4) is 0 Å². The lowest BCUT2D eigenvalue weighted by molar-refractivity contribution is -0.138. The van der Waals surface area contributed by atoms with Crippen LogP contribution in [0.2, 0.25) is 0 Å². The van der Waals surface area contributed by atoms with Crippen LogP contribution in [0.1, 0.15) is 69.3 Å². The Labute approximate surface area is 208 Å². The van der Waals surface area contributed by atoms with Crippen LogP contribution in [-0.2, 0) is 19.2 Å². The molecule has 1 unspecified atom stereocenters. The average Bonchev–Trinajstić information content (AvgIpc) is 2.87. The Morgan fingerprint density at radius 2 is 1.74 bits per heavy atom. The first-order valence-electron chi connectivity index (χ1n) is 12.8. The van der Waals surface area contributed by atoms with Gasteiger partial charge in [-0.25, -0.2) is 0 Å². The normalized spacial score (nSPS) is 22.0. The molecule has 0 bridgehead atoms. The molecule has 1 aromatic rings. The van der Waals surface area contributed by atoms with Crippen molar-refractivity contribution in [3.05, 3.63) is 17.7 Å². The third-order valence-corrected chi connectivity index (χ3v) is 7.94. The fraction of sp³-hybridized carbons (Fsp3) is 0.615. The summed E-state index contributed by atoms with van der Waals surface area (Å²) in [5.41, 5.74) is 2.75. The number of amides is 4. The maximum Gasteiger partial charge on any atom is 0.249 e. The van der Waals surface area contributed by atoms with Crippen molar-refractivity contribution in [1.29, 1.82) is 0 Å². The molecule has 2 aliphatic heterocycles. The number of hydrogen-bond acceptors (Lipinski definition) is 5. The lowest BCUT2D eigenvalue weighted by Gasteiger charge is -2.37. The molecule has 2 radical (unpaired) electrons. The van der Waals surface area contributed by atoms with Gasteiger partial charge in [0.15, 0.2) is 0 Å². The Morgan fingerprint density at radius 3 is 2.37 bits per heavy atom. The largest absolute Gasteiger partial charge is 0.361 e. The predicted octanol–water partition coefficient (Wildman–Crippen LogP) is 1.60. The second-order valence-electron chi connectivity index (χ2n) is 10.2. The molecular weight excluding hydrogens is 443 g/mol. The SMILES string of the molecule is [B]c1cc(C2CCN(C(=O)C3CCCCC3)CC2)cc(N(C)C=O)c1N(C)C1CCC(=O)NC1=O. The highest BCUT2D eigenvalue weighted by molar-refractivity contribution is 6.37. The first kappa shape index (κ1) is 25.3. The summed E-state index contributed by atoms with van der Waals surface area (Å²) >= 11 is 0. The topological polar surface area (TPSA) is 90.0 Å². The molecule has 1 N–H and O–H groups in total. The Hall–Kier alpha value is -2.84.